The molecular formula is C12H16Br. The maximum absolute atomic E-state index is 3.85. The molecule has 0 nitrogen and oxygen atoms in total. The first-order valence-electron chi connectivity index (χ1n) is 4.80. The van der Waals surface area contributed by atoms with Crippen LogP contribution in [0.1, 0.15) is 24.8 Å². The van der Waals surface area contributed by atoms with Crippen LogP contribution in [-0.2, 0) is 6.42 Å². The number of benzene rings is 1. The van der Waals surface area contributed by atoms with Crippen LogP contribution in [-0.4, -0.2) is 4.83 Å². The first-order valence-corrected chi connectivity index (χ1v) is 5.71. The van der Waals surface area contributed by atoms with E-state index in [2.05, 4.69) is 53.2 Å². The van der Waals surface area contributed by atoms with Gasteiger partial charge in [-0.25, -0.2) is 0 Å². The molecular weight excluding hydrogens is 224 g/mol. The lowest BCUT2D eigenvalue weighted by Crippen LogP contribution is -1.99. The molecule has 1 rings (SSSR count). The first kappa shape index (κ1) is 10.8. The molecule has 0 saturated carbocycles. The molecule has 0 N–H and O–H groups in total. The highest BCUT2D eigenvalue weighted by Gasteiger charge is 2.02. The third-order valence-corrected chi connectivity index (χ3v) is 3.02. The van der Waals surface area contributed by atoms with E-state index in [1.54, 1.807) is 0 Å². The molecule has 0 aromatic heterocycles. The molecule has 0 amide bonds. The van der Waals surface area contributed by atoms with Gasteiger partial charge in [-0.2, -0.15) is 0 Å². The van der Waals surface area contributed by atoms with E-state index in [0.29, 0.717) is 4.83 Å². The molecule has 1 aromatic carbocycles. The van der Waals surface area contributed by atoms with Crippen LogP contribution < -0.4 is 0 Å². The summed E-state index contributed by atoms with van der Waals surface area (Å²) in [6.45, 7) is 3.85. The summed E-state index contributed by atoms with van der Waals surface area (Å²) in [5, 5.41) is 0. The Balaban J connectivity index is 2.27. The van der Waals surface area contributed by atoms with E-state index in [0.717, 1.165) is 12.8 Å². The van der Waals surface area contributed by atoms with Crippen molar-refractivity contribution in [2.45, 2.75) is 30.5 Å². The minimum atomic E-state index is 0.630. The number of rotatable bonds is 5. The fourth-order valence-corrected chi connectivity index (χ4v) is 1.89. The maximum Gasteiger partial charge on any atom is 0.0149 e. The third-order valence-electron chi connectivity index (χ3n) is 2.11. The third kappa shape index (κ3) is 4.47. The highest BCUT2D eigenvalue weighted by molar-refractivity contribution is 9.09. The molecule has 13 heavy (non-hydrogen) atoms. The smallest absolute Gasteiger partial charge is 0.0149 e. The Morgan fingerprint density at radius 2 is 1.85 bits per heavy atom. The van der Waals surface area contributed by atoms with Crippen LogP contribution in [0.2, 0.25) is 0 Å². The number of hydrogen-bond acceptors (Lipinski definition) is 0. The van der Waals surface area contributed by atoms with Gasteiger partial charge in [-0.1, -0.05) is 59.6 Å². The lowest BCUT2D eigenvalue weighted by Gasteiger charge is -2.07. The van der Waals surface area contributed by atoms with Gasteiger partial charge in [-0.15, -0.1) is 0 Å². The van der Waals surface area contributed by atoms with Gasteiger partial charge in [0.1, 0.15) is 0 Å². The van der Waals surface area contributed by atoms with Crippen molar-refractivity contribution in [3.63, 3.8) is 0 Å². The molecule has 1 unspecified atom stereocenters. The molecule has 1 aromatic rings. The normalized spacial score (nSPS) is 12.8. The first-order chi connectivity index (χ1) is 6.33. The van der Waals surface area contributed by atoms with Gasteiger partial charge < -0.3 is 0 Å². The summed E-state index contributed by atoms with van der Waals surface area (Å²) in [6.07, 6.45) is 4.56. The second-order valence-electron chi connectivity index (χ2n) is 3.26. The lowest BCUT2D eigenvalue weighted by molar-refractivity contribution is 0.714. The zero-order chi connectivity index (χ0) is 9.52. The van der Waals surface area contributed by atoms with Crippen LogP contribution in [0.4, 0.5) is 0 Å². The summed E-state index contributed by atoms with van der Waals surface area (Å²) in [5.74, 6) is 0. The van der Waals surface area contributed by atoms with E-state index in [9.17, 15) is 0 Å². The average Bonchev–Trinajstić information content (AvgIpc) is 2.17. The Morgan fingerprint density at radius 1 is 1.15 bits per heavy atom. The zero-order valence-electron chi connectivity index (χ0n) is 7.88. The Labute approximate surface area is 89.5 Å². The van der Waals surface area contributed by atoms with Crippen molar-refractivity contribution >= 4 is 15.9 Å². The number of alkyl halides is 1. The minimum absolute atomic E-state index is 0.630. The zero-order valence-corrected chi connectivity index (χ0v) is 9.46. The summed E-state index contributed by atoms with van der Waals surface area (Å²) < 4.78 is 0. The van der Waals surface area contributed by atoms with E-state index < -0.39 is 0 Å². The Kier molecular flexibility index (Phi) is 5.14. The molecule has 0 fully saturated rings. The second-order valence-corrected chi connectivity index (χ2v) is 4.56. The van der Waals surface area contributed by atoms with Crippen LogP contribution >= 0.6 is 15.9 Å². The van der Waals surface area contributed by atoms with Gasteiger partial charge in [0.15, 0.2) is 0 Å². The number of aryl methyl sites for hydroxylation is 1. The van der Waals surface area contributed by atoms with Crippen LogP contribution in [0.3, 0.4) is 0 Å². The van der Waals surface area contributed by atoms with Crippen LogP contribution in [0, 0.1) is 6.92 Å². The summed E-state index contributed by atoms with van der Waals surface area (Å²) in [7, 11) is 0. The molecule has 0 aliphatic heterocycles. The van der Waals surface area contributed by atoms with Crippen molar-refractivity contribution < 1.29 is 0 Å². The van der Waals surface area contributed by atoms with Crippen molar-refractivity contribution in [1.82, 2.24) is 0 Å². The van der Waals surface area contributed by atoms with Gasteiger partial charge in [-0.3, -0.25) is 0 Å². The number of hydrogen-bond donors (Lipinski definition) is 0. The lowest BCUT2D eigenvalue weighted by atomic mass is 10.1. The molecule has 0 saturated heterocycles. The topological polar surface area (TPSA) is 0 Å². The fourth-order valence-electron chi connectivity index (χ4n) is 1.33. The largest absolute Gasteiger partial charge is 0.0891 e. The minimum Gasteiger partial charge on any atom is -0.0891 e. The van der Waals surface area contributed by atoms with E-state index >= 15 is 0 Å². The summed E-state index contributed by atoms with van der Waals surface area (Å²) in [6, 6.07) is 10.6. The molecule has 0 bridgehead atoms. The Hall–Kier alpha value is -0.300. The predicted octanol–water partition coefficient (Wildman–Crippen LogP) is 4.00. The van der Waals surface area contributed by atoms with Crippen LogP contribution in [0.15, 0.2) is 30.3 Å². The van der Waals surface area contributed by atoms with Crippen LogP contribution in [0.5, 0.6) is 0 Å². The van der Waals surface area contributed by atoms with Crippen molar-refractivity contribution in [2.24, 2.45) is 0 Å². The average molecular weight is 240 g/mol. The maximum atomic E-state index is 3.85. The SMILES string of the molecule is [CH2]CCC(Br)CCc1ccccc1. The summed E-state index contributed by atoms with van der Waals surface area (Å²) >= 11 is 3.66. The highest BCUT2D eigenvalue weighted by Crippen LogP contribution is 2.15. The van der Waals surface area contributed by atoms with Gasteiger partial charge in [0.25, 0.3) is 0 Å². The van der Waals surface area contributed by atoms with Crippen molar-refractivity contribution in [1.29, 1.82) is 0 Å². The molecule has 1 heteroatoms. The van der Waals surface area contributed by atoms with Crippen molar-refractivity contribution in [3.05, 3.63) is 42.8 Å². The second kappa shape index (κ2) is 6.20. The molecule has 0 aliphatic rings. The number of halogens is 1. The van der Waals surface area contributed by atoms with E-state index in [1.807, 2.05) is 0 Å². The molecule has 0 heterocycles. The summed E-state index contributed by atoms with van der Waals surface area (Å²) in [4.78, 5) is 0.630. The van der Waals surface area contributed by atoms with Gasteiger partial charge in [0.05, 0.1) is 0 Å². The van der Waals surface area contributed by atoms with Gasteiger partial charge >= 0.3 is 0 Å². The van der Waals surface area contributed by atoms with Gasteiger partial charge in [0, 0.05) is 4.83 Å². The monoisotopic (exact) mass is 239 g/mol. The van der Waals surface area contributed by atoms with E-state index in [1.165, 1.54) is 18.4 Å². The van der Waals surface area contributed by atoms with Gasteiger partial charge in [-0.05, 0) is 24.8 Å². The molecule has 1 atom stereocenters. The Bertz CT molecular complexity index is 218. The van der Waals surface area contributed by atoms with Crippen molar-refractivity contribution in [3.8, 4) is 0 Å². The Morgan fingerprint density at radius 3 is 2.46 bits per heavy atom. The standard InChI is InChI=1S/C12H16Br/c1-2-6-12(13)10-9-11-7-4-3-5-8-11/h3-5,7-8,12H,1-2,6,9-10H2. The fraction of sp³-hybridized carbons (Fsp3) is 0.417. The molecule has 71 valence electrons. The van der Waals surface area contributed by atoms with Crippen LogP contribution in [0.25, 0.3) is 0 Å². The quantitative estimate of drug-likeness (QED) is 0.682. The predicted molar refractivity (Wildman–Crippen MR) is 62.1 cm³/mol. The molecule has 0 aliphatic carbocycles. The van der Waals surface area contributed by atoms with Crippen molar-refractivity contribution in [2.75, 3.05) is 0 Å². The molecule has 1 radical (unpaired) electrons. The van der Waals surface area contributed by atoms with E-state index in [-0.39, 0.29) is 0 Å². The van der Waals surface area contributed by atoms with Gasteiger partial charge in [0.2, 0.25) is 0 Å². The highest BCUT2D eigenvalue weighted by atomic mass is 79.9. The summed E-state index contributed by atoms with van der Waals surface area (Å²) in [5.41, 5.74) is 1.43. The van der Waals surface area contributed by atoms with E-state index in [4.69, 9.17) is 0 Å². The molecule has 0 spiro atoms.